The van der Waals surface area contributed by atoms with Crippen LogP contribution in [0.4, 0.5) is 4.39 Å². The Kier molecular flexibility index (Phi) is 4.52. The summed E-state index contributed by atoms with van der Waals surface area (Å²) in [5.41, 5.74) is 0.373. The zero-order valence-corrected chi connectivity index (χ0v) is 16.3. The summed E-state index contributed by atoms with van der Waals surface area (Å²) >= 11 is 0. The Morgan fingerprint density at radius 1 is 0.966 bits per heavy atom. The van der Waals surface area contributed by atoms with E-state index in [9.17, 15) is 4.39 Å². The minimum absolute atomic E-state index is 0.0746. The number of ether oxygens (including phenoxy) is 6. The lowest BCUT2D eigenvalue weighted by Gasteiger charge is -2.30. The average molecular weight is 410 g/mol. The molecule has 3 saturated heterocycles. The largest absolute Gasteiger partial charge is 0.439 e. The quantitative estimate of drug-likeness (QED) is 0.754. The van der Waals surface area contributed by atoms with Gasteiger partial charge in [0.2, 0.25) is 0 Å². The molecule has 7 nitrogen and oxygen atoms in total. The van der Waals surface area contributed by atoms with Crippen molar-refractivity contribution < 1.29 is 37.2 Å². The summed E-state index contributed by atoms with van der Waals surface area (Å²) in [6.07, 6.45) is 7.30. The predicted octanol–water partition coefficient (Wildman–Crippen LogP) is 3.40. The zero-order valence-electron chi connectivity index (χ0n) is 16.3. The number of hydrogen-bond acceptors (Lipinski definition) is 7. The van der Waals surface area contributed by atoms with Crippen LogP contribution in [0.15, 0.2) is 16.7 Å². The first-order valence-corrected chi connectivity index (χ1v) is 10.8. The van der Waals surface area contributed by atoms with Gasteiger partial charge in [-0.3, -0.25) is 0 Å². The number of hydrogen-bond donors (Lipinski definition) is 0. The van der Waals surface area contributed by atoms with Crippen LogP contribution in [0, 0.1) is 6.01 Å². The minimum Gasteiger partial charge on any atom is -0.439 e. The molecule has 2 aliphatic carbocycles. The summed E-state index contributed by atoms with van der Waals surface area (Å²) in [4.78, 5) is 0. The highest BCUT2D eigenvalue weighted by atomic mass is 19.1. The standard InChI is InChI=1S/C21H27FO7/c22-18-13(5-10-23-18)11-24-16-15(14-12-25-20(27-14)6-1-2-7-20)26-19-17(16)28-21(29-19)8-3-4-9-21/h5,10,14-17,19H,1-4,6-9,11-12H2/t14-,15-,16+,17-,19-/m1/s1. The molecule has 160 valence electrons. The third kappa shape index (κ3) is 3.16. The normalized spacial score (nSPS) is 39.8. The van der Waals surface area contributed by atoms with Gasteiger partial charge in [-0.2, -0.15) is 4.39 Å². The van der Waals surface area contributed by atoms with E-state index in [2.05, 4.69) is 0 Å². The lowest BCUT2D eigenvalue weighted by molar-refractivity contribution is -0.249. The van der Waals surface area contributed by atoms with Crippen LogP contribution in [0.1, 0.15) is 56.9 Å². The monoisotopic (exact) mass is 410 g/mol. The van der Waals surface area contributed by atoms with Crippen LogP contribution in [0.2, 0.25) is 0 Å². The van der Waals surface area contributed by atoms with Gasteiger partial charge in [0.1, 0.15) is 24.4 Å². The highest BCUT2D eigenvalue weighted by molar-refractivity contribution is 5.07. The molecular weight excluding hydrogens is 383 g/mol. The zero-order chi connectivity index (χ0) is 19.5. The number of halogens is 1. The fraction of sp³-hybridized carbons (Fsp3) is 0.810. The fourth-order valence-corrected chi connectivity index (χ4v) is 5.52. The Bertz CT molecular complexity index is 739. The molecule has 0 radical (unpaired) electrons. The molecule has 6 rings (SSSR count). The Morgan fingerprint density at radius 2 is 1.72 bits per heavy atom. The van der Waals surface area contributed by atoms with Crippen LogP contribution in [0.3, 0.4) is 0 Å². The van der Waals surface area contributed by atoms with Crippen LogP contribution in [0.25, 0.3) is 0 Å². The molecule has 5 aliphatic rings. The van der Waals surface area contributed by atoms with Crippen molar-refractivity contribution in [2.24, 2.45) is 0 Å². The summed E-state index contributed by atoms with van der Waals surface area (Å²) in [5.74, 6) is -1.05. The first-order chi connectivity index (χ1) is 14.2. The number of furan rings is 1. The molecule has 0 amide bonds. The van der Waals surface area contributed by atoms with Gasteiger partial charge in [0.15, 0.2) is 17.9 Å². The molecular formula is C21H27FO7. The average Bonchev–Trinajstić information content (AvgIpc) is 3.53. The van der Waals surface area contributed by atoms with E-state index < -0.39 is 36.1 Å². The van der Waals surface area contributed by atoms with E-state index in [0.29, 0.717) is 12.2 Å². The molecule has 5 atom stereocenters. The Labute approximate surface area is 168 Å². The minimum atomic E-state index is -0.627. The molecule has 4 heterocycles. The topological polar surface area (TPSA) is 68.5 Å². The first-order valence-electron chi connectivity index (χ1n) is 10.8. The maximum Gasteiger partial charge on any atom is 0.283 e. The van der Waals surface area contributed by atoms with E-state index in [-0.39, 0.29) is 18.8 Å². The summed E-state index contributed by atoms with van der Waals surface area (Å²) in [6, 6.07) is 0.948. The van der Waals surface area contributed by atoms with Crippen molar-refractivity contribution in [2.75, 3.05) is 6.61 Å². The smallest absolute Gasteiger partial charge is 0.283 e. The first kappa shape index (κ1) is 18.7. The second kappa shape index (κ2) is 7.00. The summed E-state index contributed by atoms with van der Waals surface area (Å²) < 4.78 is 55.9. The van der Waals surface area contributed by atoms with Gasteiger partial charge < -0.3 is 32.8 Å². The third-order valence-electron chi connectivity index (χ3n) is 6.99. The van der Waals surface area contributed by atoms with Gasteiger partial charge in [0.25, 0.3) is 6.01 Å². The van der Waals surface area contributed by atoms with E-state index in [4.69, 9.17) is 32.8 Å². The summed E-state index contributed by atoms with van der Waals surface area (Å²) in [7, 11) is 0. The SMILES string of the molecule is Fc1occc1CO[C@@H]1[C@H]2OC3(CCCC3)O[C@H]2O[C@@H]1[C@H]1COC2(CCCC2)O1. The molecule has 2 spiro atoms. The van der Waals surface area contributed by atoms with Crippen molar-refractivity contribution in [3.63, 3.8) is 0 Å². The molecule has 5 fully saturated rings. The van der Waals surface area contributed by atoms with Crippen LogP contribution in [-0.4, -0.2) is 48.9 Å². The molecule has 0 unspecified atom stereocenters. The molecule has 8 heteroatoms. The van der Waals surface area contributed by atoms with Crippen molar-refractivity contribution in [2.45, 2.75) is 100 Å². The molecule has 0 bridgehead atoms. The van der Waals surface area contributed by atoms with Crippen LogP contribution in [-0.2, 0) is 35.0 Å². The maximum absolute atomic E-state index is 13.8. The van der Waals surface area contributed by atoms with Crippen molar-refractivity contribution in [1.29, 1.82) is 0 Å². The molecule has 1 aromatic rings. The fourth-order valence-electron chi connectivity index (χ4n) is 5.52. The molecule has 29 heavy (non-hydrogen) atoms. The van der Waals surface area contributed by atoms with E-state index in [1.54, 1.807) is 6.07 Å². The van der Waals surface area contributed by atoms with Gasteiger partial charge in [0, 0.05) is 25.7 Å². The van der Waals surface area contributed by atoms with Gasteiger partial charge in [0.05, 0.1) is 25.0 Å². The number of rotatable bonds is 4. The summed E-state index contributed by atoms with van der Waals surface area (Å²) in [6.45, 7) is 0.528. The van der Waals surface area contributed by atoms with E-state index >= 15 is 0 Å². The third-order valence-corrected chi connectivity index (χ3v) is 6.99. The molecule has 0 N–H and O–H groups in total. The van der Waals surface area contributed by atoms with Crippen molar-refractivity contribution in [3.8, 4) is 0 Å². The van der Waals surface area contributed by atoms with Crippen LogP contribution in [0.5, 0.6) is 0 Å². The second-order valence-corrected chi connectivity index (χ2v) is 8.87. The van der Waals surface area contributed by atoms with E-state index in [0.717, 1.165) is 51.4 Å². The summed E-state index contributed by atoms with van der Waals surface area (Å²) in [5, 5.41) is 0. The lowest BCUT2D eigenvalue weighted by Crippen LogP contribution is -2.44. The maximum atomic E-state index is 13.8. The molecule has 2 saturated carbocycles. The molecule has 1 aromatic heterocycles. The molecule has 3 aliphatic heterocycles. The van der Waals surface area contributed by atoms with Crippen molar-refractivity contribution >= 4 is 0 Å². The number of fused-ring (bicyclic) bond motifs is 1. The Morgan fingerprint density at radius 3 is 2.45 bits per heavy atom. The Hall–Kier alpha value is -1.03. The van der Waals surface area contributed by atoms with Gasteiger partial charge in [-0.1, -0.05) is 0 Å². The lowest BCUT2D eigenvalue weighted by atomic mass is 10.1. The van der Waals surface area contributed by atoms with Crippen molar-refractivity contribution in [3.05, 3.63) is 23.9 Å². The predicted molar refractivity (Wildman–Crippen MR) is 95.1 cm³/mol. The Balaban J connectivity index is 1.21. The van der Waals surface area contributed by atoms with E-state index in [1.165, 1.54) is 6.26 Å². The van der Waals surface area contributed by atoms with E-state index in [1.807, 2.05) is 0 Å². The highest BCUT2D eigenvalue weighted by Crippen LogP contribution is 2.49. The molecule has 0 aromatic carbocycles. The van der Waals surface area contributed by atoms with Gasteiger partial charge >= 0.3 is 0 Å². The van der Waals surface area contributed by atoms with Gasteiger partial charge in [-0.15, -0.1) is 0 Å². The van der Waals surface area contributed by atoms with Gasteiger partial charge in [-0.25, -0.2) is 0 Å². The van der Waals surface area contributed by atoms with Crippen molar-refractivity contribution in [1.82, 2.24) is 0 Å². The van der Waals surface area contributed by atoms with Crippen LogP contribution >= 0.6 is 0 Å². The van der Waals surface area contributed by atoms with Gasteiger partial charge in [-0.05, 0) is 31.7 Å². The highest BCUT2D eigenvalue weighted by Gasteiger charge is 2.62. The second-order valence-electron chi connectivity index (χ2n) is 8.87. The van der Waals surface area contributed by atoms with Crippen LogP contribution < -0.4 is 0 Å².